The summed E-state index contributed by atoms with van der Waals surface area (Å²) in [5.74, 6) is 0.0187. The van der Waals surface area contributed by atoms with Gasteiger partial charge in [0.2, 0.25) is 0 Å². The Morgan fingerprint density at radius 1 is 1.24 bits per heavy atom. The molecule has 29 heavy (non-hydrogen) atoms. The minimum Gasteiger partial charge on any atom is -0.378 e. The van der Waals surface area contributed by atoms with Crippen LogP contribution in [0.5, 0.6) is 0 Å². The third-order valence-corrected chi connectivity index (χ3v) is 5.26. The Morgan fingerprint density at radius 3 is 2.66 bits per heavy atom. The van der Waals surface area contributed by atoms with E-state index in [-0.39, 0.29) is 11.5 Å². The molecule has 1 aromatic carbocycles. The average Bonchev–Trinajstić information content (AvgIpc) is 3.26. The molecule has 4 rings (SSSR count). The Hall–Kier alpha value is -2.90. The third-order valence-electron chi connectivity index (χ3n) is 5.01. The second-order valence-corrected chi connectivity index (χ2v) is 7.58. The van der Waals surface area contributed by atoms with Crippen LogP contribution in [0, 0.1) is 6.92 Å². The number of hydrogen-bond acceptors (Lipinski definition) is 4. The first-order valence-electron chi connectivity index (χ1n) is 9.35. The maximum Gasteiger partial charge on any atom is 0.272 e. The van der Waals surface area contributed by atoms with Gasteiger partial charge in [-0.25, -0.2) is 9.50 Å². The number of methoxy groups -OCH3 is 1. The first kappa shape index (κ1) is 19.4. The number of nitrogens with one attached hydrogen (secondary N) is 1. The molecule has 8 heteroatoms. The van der Waals surface area contributed by atoms with E-state index in [1.807, 2.05) is 48.9 Å². The molecule has 1 unspecified atom stereocenters. The van der Waals surface area contributed by atoms with Gasteiger partial charge in [-0.15, -0.1) is 0 Å². The highest BCUT2D eigenvalue weighted by Gasteiger charge is 2.19. The highest BCUT2D eigenvalue weighted by molar-refractivity contribution is 6.30. The van der Waals surface area contributed by atoms with Gasteiger partial charge < -0.3 is 4.74 Å². The van der Waals surface area contributed by atoms with E-state index in [9.17, 15) is 4.79 Å². The molecule has 0 spiro atoms. The molecular weight excluding hydrogens is 390 g/mol. The van der Waals surface area contributed by atoms with Gasteiger partial charge in [0.1, 0.15) is 0 Å². The number of nitrogens with zero attached hydrogens (tertiary/aromatic N) is 4. The van der Waals surface area contributed by atoms with Gasteiger partial charge in [-0.2, -0.15) is 5.10 Å². The van der Waals surface area contributed by atoms with E-state index in [4.69, 9.17) is 21.3 Å². The van der Waals surface area contributed by atoms with Crippen molar-refractivity contribution in [2.45, 2.75) is 32.9 Å². The lowest BCUT2D eigenvalue weighted by Crippen LogP contribution is -2.18. The van der Waals surface area contributed by atoms with Crippen LogP contribution in [-0.2, 0) is 17.9 Å². The molecule has 0 bridgehead atoms. The van der Waals surface area contributed by atoms with Crippen LogP contribution < -0.4 is 5.56 Å². The summed E-state index contributed by atoms with van der Waals surface area (Å²) in [6.07, 6.45) is 1.77. The molecule has 0 fully saturated rings. The molecular formula is C21H22ClN5O2. The fourth-order valence-electron chi connectivity index (χ4n) is 3.47. The summed E-state index contributed by atoms with van der Waals surface area (Å²) in [4.78, 5) is 17.7. The zero-order valence-corrected chi connectivity index (χ0v) is 17.3. The lowest BCUT2D eigenvalue weighted by atomic mass is 10.0. The number of halogens is 1. The smallest absolute Gasteiger partial charge is 0.272 e. The number of hydrogen-bond donors (Lipinski definition) is 1. The molecule has 4 aromatic rings. The minimum atomic E-state index is -0.161. The highest BCUT2D eigenvalue weighted by atomic mass is 35.5. The Balaban J connectivity index is 1.85. The topological polar surface area (TPSA) is 77.2 Å². The number of H-pyrrole nitrogens is 1. The van der Waals surface area contributed by atoms with Gasteiger partial charge in [0.25, 0.3) is 5.56 Å². The monoisotopic (exact) mass is 411 g/mol. The van der Waals surface area contributed by atoms with Gasteiger partial charge in [0.05, 0.1) is 18.0 Å². The van der Waals surface area contributed by atoms with Crippen LogP contribution in [0.4, 0.5) is 0 Å². The molecule has 0 amide bonds. The molecule has 0 aliphatic carbocycles. The normalized spacial score (nSPS) is 12.6. The molecule has 0 radical (unpaired) electrons. The predicted octanol–water partition coefficient (Wildman–Crippen LogP) is 3.80. The summed E-state index contributed by atoms with van der Waals surface area (Å²) in [5.41, 5.74) is 4.75. The van der Waals surface area contributed by atoms with E-state index in [2.05, 4.69) is 10.2 Å². The van der Waals surface area contributed by atoms with Crippen LogP contribution in [-0.4, -0.2) is 31.5 Å². The fourth-order valence-corrected chi connectivity index (χ4v) is 3.59. The second-order valence-electron chi connectivity index (χ2n) is 7.14. The number of aryl methyl sites for hydroxylation is 1. The number of rotatable bonds is 6. The summed E-state index contributed by atoms with van der Waals surface area (Å²) in [7, 11) is 1.62. The summed E-state index contributed by atoms with van der Waals surface area (Å²) in [6, 6.07) is 11.0. The molecule has 150 valence electrons. The van der Waals surface area contributed by atoms with Crippen molar-refractivity contribution in [2.75, 3.05) is 7.11 Å². The summed E-state index contributed by atoms with van der Waals surface area (Å²) in [6.45, 7) is 5.03. The van der Waals surface area contributed by atoms with Gasteiger partial charge in [0, 0.05) is 48.1 Å². The third kappa shape index (κ3) is 3.71. The van der Waals surface area contributed by atoms with Crippen LogP contribution in [0.2, 0.25) is 5.02 Å². The first-order chi connectivity index (χ1) is 14.0. The molecule has 3 aromatic heterocycles. The van der Waals surface area contributed by atoms with Gasteiger partial charge in [-0.1, -0.05) is 30.7 Å². The van der Waals surface area contributed by atoms with Crippen molar-refractivity contribution in [3.8, 4) is 11.1 Å². The molecule has 0 saturated heterocycles. The minimum absolute atomic E-state index is 0.0187. The second kappa shape index (κ2) is 7.85. The van der Waals surface area contributed by atoms with Crippen LogP contribution in [0.25, 0.3) is 16.8 Å². The SMILES string of the molecule is COCc1[nH]n2c(=O)cc(C(C)Cn3nccc3C)nc2c1-c1ccc(Cl)cc1. The lowest BCUT2D eigenvalue weighted by molar-refractivity contribution is 0.181. The predicted molar refractivity (Wildman–Crippen MR) is 112 cm³/mol. The Kier molecular flexibility index (Phi) is 5.25. The van der Waals surface area contributed by atoms with E-state index < -0.39 is 0 Å². The van der Waals surface area contributed by atoms with Crippen molar-refractivity contribution in [1.82, 2.24) is 24.4 Å². The molecule has 3 heterocycles. The summed E-state index contributed by atoms with van der Waals surface area (Å²) >= 11 is 6.05. The molecule has 0 aliphatic rings. The van der Waals surface area contributed by atoms with Crippen LogP contribution in [0.3, 0.4) is 0 Å². The summed E-state index contributed by atoms with van der Waals surface area (Å²) < 4.78 is 8.72. The van der Waals surface area contributed by atoms with Crippen molar-refractivity contribution < 1.29 is 4.74 Å². The molecule has 1 N–H and O–H groups in total. The standard InChI is InChI=1S/C21H22ClN5O2/c1-13(11-26-14(2)8-9-23-26)17-10-19(28)27-21(24-17)20(18(25-27)12-29-3)15-4-6-16(22)7-5-15/h4-10,13,25H,11-12H2,1-3H3. The molecule has 0 saturated carbocycles. The van der Waals surface area contributed by atoms with Crippen molar-refractivity contribution in [3.63, 3.8) is 0 Å². The zero-order chi connectivity index (χ0) is 20.5. The number of fused-ring (bicyclic) bond motifs is 1. The number of aromatic amines is 1. The van der Waals surface area contributed by atoms with Crippen molar-refractivity contribution in [3.05, 3.63) is 75.1 Å². The number of aromatic nitrogens is 5. The maximum atomic E-state index is 12.8. The molecule has 1 atom stereocenters. The largest absolute Gasteiger partial charge is 0.378 e. The first-order valence-corrected chi connectivity index (χ1v) is 9.73. The van der Waals surface area contributed by atoms with Gasteiger partial charge in [-0.05, 0) is 30.7 Å². The van der Waals surface area contributed by atoms with Crippen molar-refractivity contribution in [1.29, 1.82) is 0 Å². The lowest BCUT2D eigenvalue weighted by Gasteiger charge is -2.13. The highest BCUT2D eigenvalue weighted by Crippen LogP contribution is 2.29. The quantitative estimate of drug-likeness (QED) is 0.523. The Labute approximate surface area is 172 Å². The van der Waals surface area contributed by atoms with E-state index in [1.165, 1.54) is 4.52 Å². The van der Waals surface area contributed by atoms with E-state index in [0.29, 0.717) is 23.8 Å². The molecule has 7 nitrogen and oxygen atoms in total. The Morgan fingerprint density at radius 2 is 2.00 bits per heavy atom. The van der Waals surface area contributed by atoms with Gasteiger partial charge >= 0.3 is 0 Å². The van der Waals surface area contributed by atoms with E-state index >= 15 is 0 Å². The van der Waals surface area contributed by atoms with E-state index in [0.717, 1.165) is 28.2 Å². The molecule has 0 aliphatic heterocycles. The Bertz CT molecular complexity index is 1210. The van der Waals surface area contributed by atoms with Gasteiger partial charge in [-0.3, -0.25) is 14.6 Å². The van der Waals surface area contributed by atoms with Gasteiger partial charge in [0.15, 0.2) is 5.65 Å². The van der Waals surface area contributed by atoms with Crippen LogP contribution in [0.1, 0.15) is 29.9 Å². The number of benzene rings is 1. The number of ether oxygens (including phenoxy) is 1. The van der Waals surface area contributed by atoms with Crippen LogP contribution >= 0.6 is 11.6 Å². The maximum absolute atomic E-state index is 12.8. The van der Waals surface area contributed by atoms with E-state index in [1.54, 1.807) is 19.4 Å². The van der Waals surface area contributed by atoms with Crippen LogP contribution in [0.15, 0.2) is 47.4 Å². The van der Waals surface area contributed by atoms with Crippen molar-refractivity contribution in [2.24, 2.45) is 0 Å². The average molecular weight is 412 g/mol. The van der Waals surface area contributed by atoms with Crippen molar-refractivity contribution >= 4 is 17.2 Å². The summed E-state index contributed by atoms with van der Waals surface area (Å²) in [5, 5.41) is 8.12. The zero-order valence-electron chi connectivity index (χ0n) is 16.5. The fraction of sp³-hybridized carbons (Fsp3) is 0.286.